The van der Waals surface area contributed by atoms with Crippen molar-refractivity contribution in [3.8, 4) is 0 Å². The minimum Gasteiger partial charge on any atom is -0.366 e. The van der Waals surface area contributed by atoms with Crippen molar-refractivity contribution in [3.63, 3.8) is 0 Å². The maximum Gasteiger partial charge on any atom is 0.250 e. The average Bonchev–Trinajstić information content (AvgIpc) is 2.49. The zero-order valence-corrected chi connectivity index (χ0v) is 13.7. The van der Waals surface area contributed by atoms with Crippen LogP contribution in [0, 0.1) is 0 Å². The molecule has 0 spiro atoms. The number of rotatable bonds is 5. The molecule has 23 heavy (non-hydrogen) atoms. The fourth-order valence-corrected chi connectivity index (χ4v) is 2.21. The summed E-state index contributed by atoms with van der Waals surface area (Å²) in [5.74, 6) is -0.325. The van der Waals surface area contributed by atoms with E-state index in [-0.39, 0.29) is 23.0 Å². The highest BCUT2D eigenvalue weighted by Gasteiger charge is 2.12. The van der Waals surface area contributed by atoms with Crippen LogP contribution in [0.3, 0.4) is 0 Å². The molecule has 8 heteroatoms. The molecule has 0 atom stereocenters. The molecule has 0 saturated carbocycles. The van der Waals surface area contributed by atoms with E-state index in [1.807, 2.05) is 0 Å². The molecule has 2 aromatic rings. The van der Waals surface area contributed by atoms with E-state index in [1.54, 1.807) is 30.1 Å². The van der Waals surface area contributed by atoms with Crippen LogP contribution in [0.25, 0.3) is 0 Å². The summed E-state index contributed by atoms with van der Waals surface area (Å²) in [5.41, 5.74) is 5.81. The number of amides is 2. The molecular weight excluding hydrogens is 339 g/mol. The summed E-state index contributed by atoms with van der Waals surface area (Å²) in [5, 5.41) is 3.43. The molecule has 1 aromatic carbocycles. The van der Waals surface area contributed by atoms with Crippen molar-refractivity contribution in [2.24, 2.45) is 5.73 Å². The zero-order chi connectivity index (χ0) is 17.0. The average molecular weight is 353 g/mol. The molecule has 0 aliphatic heterocycles. The number of pyridine rings is 1. The smallest absolute Gasteiger partial charge is 0.250 e. The van der Waals surface area contributed by atoms with Crippen LogP contribution in [0.15, 0.2) is 36.5 Å². The van der Waals surface area contributed by atoms with E-state index < -0.39 is 5.91 Å². The highest BCUT2D eigenvalue weighted by Crippen LogP contribution is 2.20. The Bertz CT molecular complexity index is 735. The number of nitrogens with one attached hydrogen (secondary N) is 1. The van der Waals surface area contributed by atoms with E-state index in [0.29, 0.717) is 16.5 Å². The summed E-state index contributed by atoms with van der Waals surface area (Å²) < 4.78 is 0. The predicted molar refractivity (Wildman–Crippen MR) is 91.1 cm³/mol. The monoisotopic (exact) mass is 352 g/mol. The van der Waals surface area contributed by atoms with Crippen LogP contribution in [0.4, 0.5) is 11.5 Å². The molecule has 1 heterocycles. The van der Waals surface area contributed by atoms with Gasteiger partial charge in [-0.1, -0.05) is 23.2 Å². The number of carbonyl (C=O) groups excluding carboxylic acids is 2. The second-order valence-electron chi connectivity index (χ2n) is 4.80. The number of anilines is 2. The molecule has 0 unspecified atom stereocenters. The highest BCUT2D eigenvalue weighted by molar-refractivity contribution is 6.34. The molecule has 0 radical (unpaired) electrons. The van der Waals surface area contributed by atoms with Gasteiger partial charge in [0.2, 0.25) is 11.8 Å². The topological polar surface area (TPSA) is 88.3 Å². The minimum absolute atomic E-state index is 0.0726. The maximum atomic E-state index is 12.1. The Morgan fingerprint density at radius 2 is 2.00 bits per heavy atom. The number of hydrogen-bond donors (Lipinski definition) is 2. The zero-order valence-electron chi connectivity index (χ0n) is 12.2. The van der Waals surface area contributed by atoms with Gasteiger partial charge in [-0.25, -0.2) is 4.98 Å². The highest BCUT2D eigenvalue weighted by atomic mass is 35.5. The van der Waals surface area contributed by atoms with Crippen LogP contribution in [0.1, 0.15) is 10.4 Å². The number of hydrogen-bond acceptors (Lipinski definition) is 4. The van der Waals surface area contributed by atoms with Gasteiger partial charge >= 0.3 is 0 Å². The largest absolute Gasteiger partial charge is 0.366 e. The molecule has 2 amide bonds. The Hall–Kier alpha value is -2.31. The van der Waals surface area contributed by atoms with Gasteiger partial charge in [0.15, 0.2) is 0 Å². The lowest BCUT2D eigenvalue weighted by molar-refractivity contribution is -0.114. The van der Waals surface area contributed by atoms with Crippen LogP contribution in [-0.4, -0.2) is 30.4 Å². The second-order valence-corrected chi connectivity index (χ2v) is 5.64. The molecule has 2 rings (SSSR count). The van der Waals surface area contributed by atoms with E-state index >= 15 is 0 Å². The molecule has 0 aliphatic carbocycles. The first-order valence-electron chi connectivity index (χ1n) is 6.58. The molecule has 1 aromatic heterocycles. The van der Waals surface area contributed by atoms with Gasteiger partial charge in [-0.3, -0.25) is 9.59 Å². The maximum absolute atomic E-state index is 12.1. The van der Waals surface area contributed by atoms with Crippen molar-refractivity contribution in [3.05, 3.63) is 52.1 Å². The Kier molecular flexibility index (Phi) is 5.41. The van der Waals surface area contributed by atoms with E-state index in [4.69, 9.17) is 28.9 Å². The first-order valence-corrected chi connectivity index (χ1v) is 7.34. The third kappa shape index (κ3) is 4.58. The lowest BCUT2D eigenvalue weighted by Crippen LogP contribution is -2.30. The van der Waals surface area contributed by atoms with Crippen LogP contribution >= 0.6 is 23.2 Å². The van der Waals surface area contributed by atoms with Crippen LogP contribution in [0.5, 0.6) is 0 Å². The number of benzene rings is 1. The number of nitrogens with zero attached hydrogens (tertiary/aromatic N) is 2. The molecule has 0 bridgehead atoms. The Balaban J connectivity index is 2.03. The number of primary amides is 1. The van der Waals surface area contributed by atoms with Crippen LogP contribution < -0.4 is 16.0 Å². The predicted octanol–water partition coefficient (Wildman–Crippen LogP) is 2.56. The number of aromatic nitrogens is 1. The van der Waals surface area contributed by atoms with Gasteiger partial charge in [0.05, 0.1) is 22.2 Å². The number of halogens is 2. The Morgan fingerprint density at radius 3 is 2.61 bits per heavy atom. The van der Waals surface area contributed by atoms with E-state index in [1.165, 1.54) is 18.3 Å². The number of carbonyl (C=O) groups is 2. The number of nitrogens with two attached hydrogens (primary N) is 1. The van der Waals surface area contributed by atoms with Gasteiger partial charge < -0.3 is 16.0 Å². The normalized spacial score (nSPS) is 10.2. The fourth-order valence-electron chi connectivity index (χ4n) is 1.88. The van der Waals surface area contributed by atoms with Gasteiger partial charge in [0.25, 0.3) is 0 Å². The quantitative estimate of drug-likeness (QED) is 0.865. The van der Waals surface area contributed by atoms with Crippen LogP contribution in [-0.2, 0) is 4.79 Å². The summed E-state index contributed by atoms with van der Waals surface area (Å²) in [4.78, 5) is 29.1. The van der Waals surface area contributed by atoms with E-state index in [0.717, 1.165) is 0 Å². The van der Waals surface area contributed by atoms with Gasteiger partial charge in [0.1, 0.15) is 5.82 Å². The third-order valence-corrected chi connectivity index (χ3v) is 3.55. The van der Waals surface area contributed by atoms with Crippen molar-refractivity contribution in [1.82, 2.24) is 4.98 Å². The Labute approximate surface area is 143 Å². The lowest BCUT2D eigenvalue weighted by atomic mass is 10.2. The third-order valence-electron chi connectivity index (χ3n) is 3.00. The van der Waals surface area contributed by atoms with Crippen molar-refractivity contribution < 1.29 is 9.59 Å². The van der Waals surface area contributed by atoms with Crippen molar-refractivity contribution in [2.45, 2.75) is 0 Å². The first-order chi connectivity index (χ1) is 10.9. The van der Waals surface area contributed by atoms with Crippen molar-refractivity contribution in [2.75, 3.05) is 23.8 Å². The molecule has 0 aliphatic rings. The first kappa shape index (κ1) is 17.1. The molecule has 0 saturated heterocycles. The summed E-state index contributed by atoms with van der Waals surface area (Å²) in [6.07, 6.45) is 1.50. The van der Waals surface area contributed by atoms with Gasteiger partial charge in [-0.2, -0.15) is 0 Å². The summed E-state index contributed by atoms with van der Waals surface area (Å²) in [6, 6.07) is 7.93. The molecular formula is C15H14Cl2N4O2. The summed E-state index contributed by atoms with van der Waals surface area (Å²) in [7, 11) is 1.73. The molecule has 3 N–H and O–H groups in total. The summed E-state index contributed by atoms with van der Waals surface area (Å²) in [6.45, 7) is 0.0726. The van der Waals surface area contributed by atoms with Gasteiger partial charge in [-0.05, 0) is 30.3 Å². The standard InChI is InChI=1S/C15H14Cl2N4O2/c1-21(13-5-2-9(16)7-19-13)8-14(22)20-10-3-4-12(17)11(6-10)15(18)23/h2-7H,8H2,1H3,(H2,18,23)(H,20,22). The van der Waals surface area contributed by atoms with E-state index in [9.17, 15) is 9.59 Å². The second kappa shape index (κ2) is 7.30. The molecule has 6 nitrogen and oxygen atoms in total. The van der Waals surface area contributed by atoms with Crippen molar-refractivity contribution in [1.29, 1.82) is 0 Å². The number of likely N-dealkylation sites (N-methyl/N-ethyl adjacent to an activating group) is 1. The molecule has 120 valence electrons. The Morgan fingerprint density at radius 1 is 1.26 bits per heavy atom. The minimum atomic E-state index is -0.659. The molecule has 0 fully saturated rings. The summed E-state index contributed by atoms with van der Waals surface area (Å²) >= 11 is 11.6. The van der Waals surface area contributed by atoms with Crippen LogP contribution in [0.2, 0.25) is 10.0 Å². The van der Waals surface area contributed by atoms with E-state index in [2.05, 4.69) is 10.3 Å². The fraction of sp³-hybridized carbons (Fsp3) is 0.133. The van der Waals surface area contributed by atoms with Gasteiger partial charge in [-0.15, -0.1) is 0 Å². The lowest BCUT2D eigenvalue weighted by Gasteiger charge is -2.17. The SMILES string of the molecule is CN(CC(=O)Nc1ccc(Cl)c(C(N)=O)c1)c1ccc(Cl)cn1. The van der Waals surface area contributed by atoms with Gasteiger partial charge in [0, 0.05) is 18.9 Å². The van der Waals surface area contributed by atoms with Crippen molar-refractivity contribution >= 4 is 46.5 Å².